The number of ether oxygens (including phenoxy) is 3. The second kappa shape index (κ2) is 13.2. The minimum absolute atomic E-state index is 0.00307. The number of rotatable bonds is 12. The fraction of sp³-hybridized carbons (Fsp3) is 0.700. The number of halogens is 1. The van der Waals surface area contributed by atoms with Gasteiger partial charge in [0, 0.05) is 13.2 Å². The Morgan fingerprint density at radius 2 is 2.19 bits per heavy atom. The molecule has 0 radical (unpaired) electrons. The Labute approximate surface area is 220 Å². The second-order valence-corrected chi connectivity index (χ2v) is 11.6. The van der Waals surface area contributed by atoms with Crippen molar-refractivity contribution in [3.05, 3.63) is 11.5 Å². The largest absolute Gasteiger partial charge is 0.370 e. The SMILES string of the molecule is COP(S)C(COCC(N=N)=NN)OCC1CCC(n2ncc3c(NC4CCCC4)nc(Cl)nc32)O1. The molecule has 1 saturated heterocycles. The van der Waals surface area contributed by atoms with E-state index in [0.717, 1.165) is 31.1 Å². The molecular formula is C20H31ClN9O4PS. The molecule has 4 unspecified atom stereocenters. The third kappa shape index (κ3) is 6.80. The summed E-state index contributed by atoms with van der Waals surface area (Å²) >= 11 is 10.7. The summed E-state index contributed by atoms with van der Waals surface area (Å²) in [5.41, 5.74) is 7.63. The van der Waals surface area contributed by atoms with Gasteiger partial charge < -0.3 is 29.9 Å². The predicted octanol–water partition coefficient (Wildman–Crippen LogP) is 4.06. The Kier molecular flexibility index (Phi) is 10.1. The predicted molar refractivity (Wildman–Crippen MR) is 140 cm³/mol. The van der Waals surface area contributed by atoms with Gasteiger partial charge in [-0.1, -0.05) is 12.8 Å². The molecule has 4 rings (SSSR count). The average molecular weight is 560 g/mol. The molecule has 1 aliphatic heterocycles. The molecule has 0 spiro atoms. The zero-order valence-electron chi connectivity index (χ0n) is 19.9. The smallest absolute Gasteiger partial charge is 0.226 e. The first-order chi connectivity index (χ1) is 17.5. The number of hydrogen-bond donors (Lipinski definition) is 4. The van der Waals surface area contributed by atoms with Crippen LogP contribution in [0.4, 0.5) is 5.82 Å². The minimum atomic E-state index is -1.20. The first-order valence-electron chi connectivity index (χ1n) is 11.7. The van der Waals surface area contributed by atoms with Crippen LogP contribution in [0, 0.1) is 5.53 Å². The Hall–Kier alpha value is -1.67. The van der Waals surface area contributed by atoms with E-state index < -0.39 is 13.2 Å². The highest BCUT2D eigenvalue weighted by Gasteiger charge is 2.31. The molecule has 2 aromatic rings. The lowest BCUT2D eigenvalue weighted by Gasteiger charge is -2.23. The number of anilines is 1. The molecule has 13 nitrogen and oxygen atoms in total. The molecule has 0 bridgehead atoms. The first-order valence-corrected chi connectivity index (χ1v) is 14.6. The number of nitrogens with two attached hydrogens (primary N) is 1. The van der Waals surface area contributed by atoms with E-state index >= 15 is 0 Å². The van der Waals surface area contributed by atoms with Crippen LogP contribution in [0.5, 0.6) is 0 Å². The van der Waals surface area contributed by atoms with Gasteiger partial charge in [0.2, 0.25) is 5.28 Å². The highest BCUT2D eigenvalue weighted by molar-refractivity contribution is 8.43. The van der Waals surface area contributed by atoms with Gasteiger partial charge in [-0.15, -0.1) is 17.4 Å². The minimum Gasteiger partial charge on any atom is -0.370 e. The molecule has 2 aliphatic rings. The molecule has 0 aromatic carbocycles. The van der Waals surface area contributed by atoms with Gasteiger partial charge in [-0.3, -0.25) is 0 Å². The van der Waals surface area contributed by atoms with Crippen molar-refractivity contribution in [1.29, 1.82) is 5.53 Å². The van der Waals surface area contributed by atoms with Gasteiger partial charge in [0.25, 0.3) is 0 Å². The number of hydrazone groups is 1. The zero-order valence-corrected chi connectivity index (χ0v) is 22.5. The van der Waals surface area contributed by atoms with Crippen LogP contribution >= 0.6 is 31.2 Å². The molecule has 4 N–H and O–H groups in total. The van der Waals surface area contributed by atoms with Crippen LogP contribution < -0.4 is 11.2 Å². The molecule has 0 amide bonds. The molecule has 3 heterocycles. The van der Waals surface area contributed by atoms with Gasteiger partial charge in [-0.2, -0.15) is 20.2 Å². The lowest BCUT2D eigenvalue weighted by molar-refractivity contribution is -0.0596. The molecule has 36 heavy (non-hydrogen) atoms. The molecular weight excluding hydrogens is 529 g/mol. The van der Waals surface area contributed by atoms with Gasteiger partial charge in [-0.05, 0) is 37.3 Å². The highest BCUT2D eigenvalue weighted by Crippen LogP contribution is 2.47. The van der Waals surface area contributed by atoms with Crippen molar-refractivity contribution >= 4 is 53.9 Å². The number of hydrogen-bond acceptors (Lipinski definition) is 12. The van der Waals surface area contributed by atoms with Crippen molar-refractivity contribution < 1.29 is 18.7 Å². The summed E-state index contributed by atoms with van der Waals surface area (Å²) in [7, 11) is 0.365. The van der Waals surface area contributed by atoms with Gasteiger partial charge in [0.05, 0.1) is 30.9 Å². The molecule has 198 valence electrons. The van der Waals surface area contributed by atoms with Gasteiger partial charge in [0.1, 0.15) is 25.6 Å². The van der Waals surface area contributed by atoms with Crippen molar-refractivity contribution in [2.45, 2.75) is 62.7 Å². The number of thiol groups is 1. The lowest BCUT2D eigenvalue weighted by atomic mass is 10.2. The van der Waals surface area contributed by atoms with Crippen molar-refractivity contribution in [3.8, 4) is 0 Å². The fourth-order valence-corrected chi connectivity index (χ4v) is 5.58. The second-order valence-electron chi connectivity index (χ2n) is 8.53. The maximum Gasteiger partial charge on any atom is 0.226 e. The summed E-state index contributed by atoms with van der Waals surface area (Å²) in [6.45, 7) is 0.512. The number of fused-ring (bicyclic) bond motifs is 1. The lowest BCUT2D eigenvalue weighted by Crippen LogP contribution is -2.25. The zero-order chi connectivity index (χ0) is 25.5. The third-order valence-corrected chi connectivity index (χ3v) is 8.75. The topological polar surface area (TPSA) is 167 Å². The number of aromatic nitrogens is 4. The maximum absolute atomic E-state index is 6.99. The maximum atomic E-state index is 6.99. The number of nitrogens with one attached hydrogen (secondary N) is 2. The van der Waals surface area contributed by atoms with Gasteiger partial charge in [0.15, 0.2) is 17.7 Å². The quantitative estimate of drug-likeness (QED) is 0.0438. The Morgan fingerprint density at radius 3 is 2.92 bits per heavy atom. The summed E-state index contributed by atoms with van der Waals surface area (Å²) in [6.07, 6.45) is 7.53. The molecule has 16 heteroatoms. The van der Waals surface area contributed by atoms with Gasteiger partial charge in [-0.25, -0.2) is 10.2 Å². The van der Waals surface area contributed by atoms with Crippen LogP contribution in [0.15, 0.2) is 16.4 Å². The van der Waals surface area contributed by atoms with Crippen molar-refractivity contribution in [3.63, 3.8) is 0 Å². The first kappa shape index (κ1) is 27.4. The van der Waals surface area contributed by atoms with E-state index in [9.17, 15) is 0 Å². The fourth-order valence-electron chi connectivity index (χ4n) is 4.33. The van der Waals surface area contributed by atoms with Crippen LogP contribution in [0.1, 0.15) is 44.8 Å². The Morgan fingerprint density at radius 1 is 1.39 bits per heavy atom. The van der Waals surface area contributed by atoms with E-state index in [4.69, 9.17) is 41.7 Å². The third-order valence-electron chi connectivity index (χ3n) is 6.16. The summed E-state index contributed by atoms with van der Waals surface area (Å²) in [4.78, 5) is 8.84. The van der Waals surface area contributed by atoms with Crippen LogP contribution in [0.2, 0.25) is 5.28 Å². The van der Waals surface area contributed by atoms with E-state index in [1.54, 1.807) is 18.0 Å². The normalized spacial score (nSPS) is 22.8. The van der Waals surface area contributed by atoms with E-state index in [1.165, 1.54) is 12.8 Å². The summed E-state index contributed by atoms with van der Waals surface area (Å²) in [5, 5.41) is 15.6. The standard InChI is InChI=1S/C20H31ClN9O4PS/c1-31-35(36)17(11-32-10-15(28-22)29-23)33-9-13-6-7-16(34-13)30-19-14(8-24-30)18(26-20(21)27-19)25-12-4-2-3-5-12/h8,12-13,16-17,22,36H,2-7,9-11,23H2,1H3,(H,25,26,27). The van der Waals surface area contributed by atoms with Crippen LogP contribution in [-0.2, 0) is 18.7 Å². The summed E-state index contributed by atoms with van der Waals surface area (Å²) < 4.78 is 24.9. The summed E-state index contributed by atoms with van der Waals surface area (Å²) in [5.74, 6) is 5.53. The monoisotopic (exact) mass is 559 g/mol. The van der Waals surface area contributed by atoms with Crippen LogP contribution in [-0.4, -0.2) is 70.5 Å². The summed E-state index contributed by atoms with van der Waals surface area (Å²) in [6, 6.07) is 0.392. The van der Waals surface area contributed by atoms with Crippen molar-refractivity contribution in [1.82, 2.24) is 19.7 Å². The van der Waals surface area contributed by atoms with Crippen LogP contribution in [0.3, 0.4) is 0 Å². The van der Waals surface area contributed by atoms with Crippen molar-refractivity contribution in [2.75, 3.05) is 32.2 Å². The van der Waals surface area contributed by atoms with E-state index in [-0.39, 0.29) is 36.7 Å². The van der Waals surface area contributed by atoms with E-state index in [1.807, 2.05) is 0 Å². The van der Waals surface area contributed by atoms with Crippen molar-refractivity contribution in [2.24, 2.45) is 16.1 Å². The van der Waals surface area contributed by atoms with E-state index in [0.29, 0.717) is 24.1 Å². The van der Waals surface area contributed by atoms with Crippen LogP contribution in [0.25, 0.3) is 11.0 Å². The molecule has 1 saturated carbocycles. The highest BCUT2D eigenvalue weighted by atomic mass is 35.5. The average Bonchev–Trinajstić information content (AvgIpc) is 3.64. The number of nitrogens with zero attached hydrogens (tertiary/aromatic N) is 6. The molecule has 2 fully saturated rings. The Bertz CT molecular complexity index is 1060. The Balaban J connectivity index is 1.36. The molecule has 2 aromatic heterocycles. The number of amidine groups is 1. The molecule has 1 aliphatic carbocycles. The van der Waals surface area contributed by atoms with E-state index in [2.05, 4.69) is 42.8 Å². The van der Waals surface area contributed by atoms with Gasteiger partial charge >= 0.3 is 0 Å². The molecule has 4 atom stereocenters.